The van der Waals surface area contributed by atoms with Gasteiger partial charge < -0.3 is 19.5 Å². The molecule has 0 heterocycles. The average Bonchev–Trinajstić information content (AvgIpc) is 2.84. The van der Waals surface area contributed by atoms with Crippen molar-refractivity contribution in [2.75, 3.05) is 6.54 Å². The Hall–Kier alpha value is -3.75. The van der Waals surface area contributed by atoms with Gasteiger partial charge >= 0.3 is 12.1 Å². The zero-order valence-corrected chi connectivity index (χ0v) is 21.8. The summed E-state index contributed by atoms with van der Waals surface area (Å²) in [7, 11) is 0. The highest BCUT2D eigenvalue weighted by atomic mass is 19.4. The molecule has 38 heavy (non-hydrogen) atoms. The van der Waals surface area contributed by atoms with Crippen molar-refractivity contribution in [3.05, 3.63) is 77.4 Å². The number of carboxylic acids is 1. The molecular formula is C29H32F3NO5. The number of carboxylic acid groups (broad SMARTS) is 1. The number of allylic oxidation sites excluding steroid dienone is 2. The maximum absolute atomic E-state index is 13.1. The Labute approximate surface area is 220 Å². The van der Waals surface area contributed by atoms with Gasteiger partial charge in [0.25, 0.3) is 5.91 Å². The largest absolute Gasteiger partial charge is 0.478 e. The number of halogens is 3. The van der Waals surface area contributed by atoms with Crippen LogP contribution in [-0.2, 0) is 16.1 Å². The van der Waals surface area contributed by atoms with Crippen LogP contribution in [0.1, 0.15) is 44.7 Å². The van der Waals surface area contributed by atoms with Crippen molar-refractivity contribution < 1.29 is 37.3 Å². The molecule has 0 bridgehead atoms. The predicted molar refractivity (Wildman–Crippen MR) is 137 cm³/mol. The molecule has 1 aliphatic rings. The van der Waals surface area contributed by atoms with Gasteiger partial charge in [-0.15, -0.1) is 0 Å². The van der Waals surface area contributed by atoms with E-state index in [9.17, 15) is 27.9 Å². The molecule has 0 saturated heterocycles. The first kappa shape index (κ1) is 28.8. The van der Waals surface area contributed by atoms with Crippen molar-refractivity contribution in [3.63, 3.8) is 0 Å². The molecule has 1 aliphatic carbocycles. The molecule has 0 fully saturated rings. The van der Waals surface area contributed by atoms with E-state index >= 15 is 0 Å². The standard InChI is InChI=1S/C29H32F3NO5/c1-5-15-33(26(34)21-9-11-22(12-10-21)29(30,31)32)18-20-7-6-8-23(17-20)37-24-13-14-25(19(2)16-24)38-28(3,4)27(35)36/h6-11,13-14,16-17,22H,5,12,15,18H2,1-4H3,(H,35,36). The maximum atomic E-state index is 13.1. The van der Waals surface area contributed by atoms with Crippen molar-refractivity contribution in [2.24, 2.45) is 5.92 Å². The fourth-order valence-corrected chi connectivity index (χ4v) is 3.91. The molecule has 1 N–H and O–H groups in total. The summed E-state index contributed by atoms with van der Waals surface area (Å²) >= 11 is 0. The van der Waals surface area contributed by atoms with E-state index < -0.39 is 23.7 Å². The number of benzene rings is 2. The van der Waals surface area contributed by atoms with E-state index in [1.54, 1.807) is 48.2 Å². The van der Waals surface area contributed by atoms with Crippen LogP contribution in [0, 0.1) is 12.8 Å². The van der Waals surface area contributed by atoms with Crippen molar-refractivity contribution >= 4 is 11.9 Å². The van der Waals surface area contributed by atoms with Crippen molar-refractivity contribution in [2.45, 2.75) is 58.9 Å². The van der Waals surface area contributed by atoms with Crippen LogP contribution in [0.3, 0.4) is 0 Å². The van der Waals surface area contributed by atoms with Gasteiger partial charge in [0.2, 0.25) is 0 Å². The number of aliphatic carboxylic acids is 1. The molecule has 0 spiro atoms. The third-order valence-corrected chi connectivity index (χ3v) is 6.08. The zero-order valence-electron chi connectivity index (χ0n) is 21.8. The van der Waals surface area contributed by atoms with Crippen LogP contribution in [0.25, 0.3) is 0 Å². The number of carbonyl (C=O) groups is 2. The highest BCUT2D eigenvalue weighted by molar-refractivity contribution is 5.96. The summed E-state index contributed by atoms with van der Waals surface area (Å²) in [6, 6.07) is 12.3. The van der Waals surface area contributed by atoms with Crippen molar-refractivity contribution in [3.8, 4) is 17.2 Å². The van der Waals surface area contributed by atoms with Crippen LogP contribution < -0.4 is 9.47 Å². The lowest BCUT2D eigenvalue weighted by Crippen LogP contribution is -2.38. The van der Waals surface area contributed by atoms with E-state index in [2.05, 4.69) is 0 Å². The van der Waals surface area contributed by atoms with E-state index in [0.29, 0.717) is 35.8 Å². The van der Waals surface area contributed by atoms with Crippen LogP contribution in [0.2, 0.25) is 0 Å². The van der Waals surface area contributed by atoms with E-state index in [1.165, 1.54) is 26.0 Å². The molecule has 0 saturated carbocycles. The van der Waals surface area contributed by atoms with E-state index in [4.69, 9.17) is 9.47 Å². The fourth-order valence-electron chi connectivity index (χ4n) is 3.91. The number of amides is 1. The van der Waals surface area contributed by atoms with E-state index in [0.717, 1.165) is 11.6 Å². The molecule has 1 amide bonds. The van der Waals surface area contributed by atoms with Crippen molar-refractivity contribution in [1.82, 2.24) is 4.90 Å². The minimum absolute atomic E-state index is 0.249. The molecular weight excluding hydrogens is 499 g/mol. The lowest BCUT2D eigenvalue weighted by Gasteiger charge is -2.25. The topological polar surface area (TPSA) is 76.1 Å². The van der Waals surface area contributed by atoms with Crippen LogP contribution in [0.5, 0.6) is 17.2 Å². The van der Waals surface area contributed by atoms with Crippen LogP contribution in [0.4, 0.5) is 13.2 Å². The normalized spacial score (nSPS) is 15.6. The second-order valence-electron chi connectivity index (χ2n) is 9.72. The first-order chi connectivity index (χ1) is 17.8. The molecule has 1 unspecified atom stereocenters. The summed E-state index contributed by atoms with van der Waals surface area (Å²) in [4.78, 5) is 26.0. The Kier molecular flexibility index (Phi) is 8.91. The first-order valence-electron chi connectivity index (χ1n) is 12.3. The summed E-state index contributed by atoms with van der Waals surface area (Å²) in [5, 5.41) is 9.29. The minimum Gasteiger partial charge on any atom is -0.478 e. The molecule has 2 aromatic carbocycles. The molecule has 3 rings (SSSR count). The molecule has 0 aliphatic heterocycles. The molecule has 204 valence electrons. The Morgan fingerprint density at radius 3 is 2.39 bits per heavy atom. The van der Waals surface area contributed by atoms with E-state index in [-0.39, 0.29) is 24.4 Å². The van der Waals surface area contributed by atoms with Gasteiger partial charge in [-0.2, -0.15) is 13.2 Å². The Morgan fingerprint density at radius 1 is 1.11 bits per heavy atom. The number of nitrogens with zero attached hydrogens (tertiary/aromatic N) is 1. The van der Waals surface area contributed by atoms with Crippen LogP contribution in [-0.4, -0.2) is 40.2 Å². The number of aryl methyl sites for hydroxylation is 1. The second kappa shape index (κ2) is 11.8. The monoisotopic (exact) mass is 531 g/mol. The fraction of sp³-hybridized carbons (Fsp3) is 0.379. The SMILES string of the molecule is CCCN(Cc1cccc(Oc2ccc(OC(C)(C)C(=O)O)c(C)c2)c1)C(=O)C1=CCC(C(F)(F)F)C=C1. The number of ether oxygens (including phenoxy) is 2. The van der Waals surface area contributed by atoms with Crippen LogP contribution >= 0.6 is 0 Å². The number of rotatable bonds is 10. The van der Waals surface area contributed by atoms with Crippen LogP contribution in [0.15, 0.2) is 66.3 Å². The quantitative estimate of drug-likeness (QED) is 0.364. The summed E-state index contributed by atoms with van der Waals surface area (Å²) < 4.78 is 50.5. The van der Waals surface area contributed by atoms with Gasteiger partial charge in [-0.25, -0.2) is 4.79 Å². The number of hydrogen-bond acceptors (Lipinski definition) is 4. The average molecular weight is 532 g/mol. The number of alkyl halides is 3. The minimum atomic E-state index is -4.33. The Balaban J connectivity index is 1.70. The zero-order chi connectivity index (χ0) is 28.1. The third-order valence-electron chi connectivity index (χ3n) is 6.08. The second-order valence-corrected chi connectivity index (χ2v) is 9.72. The highest BCUT2D eigenvalue weighted by Crippen LogP contribution is 2.34. The summed E-state index contributed by atoms with van der Waals surface area (Å²) in [5.74, 6) is -1.47. The molecule has 0 aromatic heterocycles. The number of carbonyl (C=O) groups excluding carboxylic acids is 1. The summed E-state index contributed by atoms with van der Waals surface area (Å²) in [6.07, 6.45) is -0.216. The van der Waals surface area contributed by atoms with Gasteiger partial charge in [-0.05, 0) is 75.1 Å². The predicted octanol–water partition coefficient (Wildman–Crippen LogP) is 6.83. The van der Waals surface area contributed by atoms with Gasteiger partial charge in [0.1, 0.15) is 17.2 Å². The first-order valence-corrected chi connectivity index (χ1v) is 12.3. The maximum Gasteiger partial charge on any atom is 0.395 e. The van der Waals surface area contributed by atoms with E-state index in [1.807, 2.05) is 13.0 Å². The lowest BCUT2D eigenvalue weighted by atomic mass is 9.95. The van der Waals surface area contributed by atoms with Crippen molar-refractivity contribution in [1.29, 1.82) is 0 Å². The van der Waals surface area contributed by atoms with Gasteiger partial charge in [0.15, 0.2) is 5.60 Å². The molecule has 0 radical (unpaired) electrons. The van der Waals surface area contributed by atoms with Gasteiger partial charge in [0, 0.05) is 18.7 Å². The molecule has 1 atom stereocenters. The van der Waals surface area contributed by atoms with Gasteiger partial charge in [-0.3, -0.25) is 4.79 Å². The summed E-state index contributed by atoms with van der Waals surface area (Å²) in [5.41, 5.74) is 0.384. The molecule has 9 heteroatoms. The summed E-state index contributed by atoms with van der Waals surface area (Å²) in [6.45, 7) is 7.38. The Morgan fingerprint density at radius 2 is 1.82 bits per heavy atom. The Bertz CT molecular complexity index is 1230. The lowest BCUT2D eigenvalue weighted by molar-refractivity contribution is -0.160. The smallest absolute Gasteiger partial charge is 0.395 e. The van der Waals surface area contributed by atoms with Gasteiger partial charge in [-0.1, -0.05) is 37.3 Å². The highest BCUT2D eigenvalue weighted by Gasteiger charge is 2.38. The third kappa shape index (κ3) is 7.40. The van der Waals surface area contributed by atoms with Gasteiger partial charge in [0.05, 0.1) is 5.92 Å². The molecule has 6 nitrogen and oxygen atoms in total. The number of hydrogen-bond donors (Lipinski definition) is 1. The molecule has 2 aromatic rings.